The van der Waals surface area contributed by atoms with Crippen molar-refractivity contribution in [3.05, 3.63) is 29.8 Å². The Kier molecular flexibility index (Phi) is 6.56. The molecule has 1 rings (SSSR count). The topological polar surface area (TPSA) is 38.3 Å². The third-order valence-corrected chi connectivity index (χ3v) is 3.79. The average molecular weight is 277 g/mol. The first kappa shape index (κ1) is 16.5. The third-order valence-electron chi connectivity index (χ3n) is 3.79. The summed E-state index contributed by atoms with van der Waals surface area (Å²) in [5.41, 5.74) is 0.929. The highest BCUT2D eigenvalue weighted by atomic mass is 16.5. The Morgan fingerprint density at radius 3 is 2.30 bits per heavy atom. The van der Waals surface area contributed by atoms with E-state index in [9.17, 15) is 4.79 Å². The summed E-state index contributed by atoms with van der Waals surface area (Å²) in [7, 11) is 1.63. The summed E-state index contributed by atoms with van der Waals surface area (Å²) in [6, 6.07) is 7.65. The van der Waals surface area contributed by atoms with E-state index in [1.54, 1.807) is 7.11 Å². The minimum atomic E-state index is 0.0563. The molecule has 3 heteroatoms. The monoisotopic (exact) mass is 277 g/mol. The van der Waals surface area contributed by atoms with Crippen LogP contribution in [0.2, 0.25) is 0 Å². The van der Waals surface area contributed by atoms with Gasteiger partial charge < -0.3 is 10.1 Å². The number of amides is 1. The molecule has 0 saturated heterocycles. The fourth-order valence-electron chi connectivity index (χ4n) is 2.56. The van der Waals surface area contributed by atoms with Crippen molar-refractivity contribution in [2.45, 2.75) is 34.1 Å². The summed E-state index contributed by atoms with van der Waals surface area (Å²) < 4.78 is 5.27. The van der Waals surface area contributed by atoms with Gasteiger partial charge in [-0.3, -0.25) is 4.79 Å². The number of ether oxygens (including phenoxy) is 1. The van der Waals surface area contributed by atoms with Gasteiger partial charge in [0.25, 0.3) is 0 Å². The maximum atomic E-state index is 12.1. The lowest BCUT2D eigenvalue weighted by Gasteiger charge is -2.25. The van der Waals surface area contributed by atoms with Gasteiger partial charge in [0.05, 0.1) is 13.5 Å². The largest absolute Gasteiger partial charge is 0.496 e. The van der Waals surface area contributed by atoms with Crippen LogP contribution in [0.1, 0.15) is 33.3 Å². The summed E-state index contributed by atoms with van der Waals surface area (Å²) in [4.78, 5) is 12.1. The molecule has 0 saturated carbocycles. The SMILES string of the molecule is COc1ccccc1CC(=O)NCC(C(C)C)C(C)C. The molecule has 0 atom stereocenters. The quantitative estimate of drug-likeness (QED) is 0.830. The first-order valence-electron chi connectivity index (χ1n) is 7.34. The van der Waals surface area contributed by atoms with E-state index in [1.807, 2.05) is 24.3 Å². The second kappa shape index (κ2) is 7.93. The third kappa shape index (κ3) is 4.87. The number of rotatable bonds is 7. The lowest BCUT2D eigenvalue weighted by molar-refractivity contribution is -0.120. The van der Waals surface area contributed by atoms with E-state index < -0.39 is 0 Å². The number of para-hydroxylation sites is 1. The summed E-state index contributed by atoms with van der Waals surface area (Å²) in [5.74, 6) is 2.48. The van der Waals surface area contributed by atoms with Gasteiger partial charge in [-0.15, -0.1) is 0 Å². The molecule has 1 aromatic carbocycles. The van der Waals surface area contributed by atoms with Crippen LogP contribution < -0.4 is 10.1 Å². The fraction of sp³-hybridized carbons (Fsp3) is 0.588. The van der Waals surface area contributed by atoms with Crippen molar-refractivity contribution in [1.29, 1.82) is 0 Å². The standard InChI is InChI=1S/C17H27NO2/c1-12(2)15(13(3)4)11-18-17(19)10-14-8-6-7-9-16(14)20-5/h6-9,12-13,15H,10-11H2,1-5H3,(H,18,19). The highest BCUT2D eigenvalue weighted by Crippen LogP contribution is 2.20. The van der Waals surface area contributed by atoms with Crippen LogP contribution in [-0.2, 0) is 11.2 Å². The van der Waals surface area contributed by atoms with Crippen molar-refractivity contribution >= 4 is 5.91 Å². The summed E-state index contributed by atoms with van der Waals surface area (Å²) in [6.45, 7) is 9.56. The van der Waals surface area contributed by atoms with E-state index in [0.29, 0.717) is 24.2 Å². The van der Waals surface area contributed by atoms with E-state index in [0.717, 1.165) is 17.9 Å². The Morgan fingerprint density at radius 1 is 1.15 bits per heavy atom. The number of benzene rings is 1. The van der Waals surface area contributed by atoms with Crippen LogP contribution in [0.3, 0.4) is 0 Å². The number of hydrogen-bond donors (Lipinski definition) is 1. The van der Waals surface area contributed by atoms with Gasteiger partial charge in [-0.25, -0.2) is 0 Å². The van der Waals surface area contributed by atoms with Crippen molar-refractivity contribution in [2.75, 3.05) is 13.7 Å². The first-order chi connectivity index (χ1) is 9.45. The number of carbonyl (C=O) groups is 1. The minimum absolute atomic E-state index is 0.0563. The molecule has 0 aliphatic carbocycles. The van der Waals surface area contributed by atoms with Gasteiger partial charge in [0.2, 0.25) is 5.91 Å². The second-order valence-corrected chi connectivity index (χ2v) is 5.94. The molecule has 3 nitrogen and oxygen atoms in total. The van der Waals surface area contributed by atoms with Crippen molar-refractivity contribution in [1.82, 2.24) is 5.32 Å². The average Bonchev–Trinajstić information content (AvgIpc) is 2.38. The van der Waals surface area contributed by atoms with Crippen LogP contribution in [-0.4, -0.2) is 19.6 Å². The maximum absolute atomic E-state index is 12.1. The predicted molar refractivity (Wildman–Crippen MR) is 82.9 cm³/mol. The molecule has 20 heavy (non-hydrogen) atoms. The Bertz CT molecular complexity index is 419. The van der Waals surface area contributed by atoms with E-state index in [-0.39, 0.29) is 5.91 Å². The number of methoxy groups -OCH3 is 1. The van der Waals surface area contributed by atoms with Crippen LogP contribution in [0.5, 0.6) is 5.75 Å². The number of hydrogen-bond acceptors (Lipinski definition) is 2. The second-order valence-electron chi connectivity index (χ2n) is 5.94. The Balaban J connectivity index is 2.55. The van der Waals surface area contributed by atoms with Crippen molar-refractivity contribution in [3.63, 3.8) is 0 Å². The molecule has 0 aliphatic rings. The number of nitrogens with one attached hydrogen (secondary N) is 1. The maximum Gasteiger partial charge on any atom is 0.224 e. The van der Waals surface area contributed by atoms with Crippen LogP contribution in [0.25, 0.3) is 0 Å². The smallest absolute Gasteiger partial charge is 0.224 e. The van der Waals surface area contributed by atoms with E-state index in [4.69, 9.17) is 4.74 Å². The van der Waals surface area contributed by atoms with Gasteiger partial charge in [0.1, 0.15) is 5.75 Å². The Hall–Kier alpha value is -1.51. The molecule has 0 heterocycles. The fourth-order valence-corrected chi connectivity index (χ4v) is 2.56. The van der Waals surface area contributed by atoms with Crippen molar-refractivity contribution in [3.8, 4) is 5.75 Å². The van der Waals surface area contributed by atoms with Crippen molar-refractivity contribution < 1.29 is 9.53 Å². The zero-order valence-electron chi connectivity index (χ0n) is 13.3. The molecule has 0 spiro atoms. The van der Waals surface area contributed by atoms with E-state index in [1.165, 1.54) is 0 Å². The molecule has 0 bridgehead atoms. The normalized spacial score (nSPS) is 11.2. The lowest BCUT2D eigenvalue weighted by atomic mass is 9.85. The Morgan fingerprint density at radius 2 is 1.75 bits per heavy atom. The molecule has 112 valence electrons. The molecule has 0 radical (unpaired) electrons. The van der Waals surface area contributed by atoms with Crippen molar-refractivity contribution in [2.24, 2.45) is 17.8 Å². The summed E-state index contributed by atoms with van der Waals surface area (Å²) >= 11 is 0. The zero-order chi connectivity index (χ0) is 15.1. The lowest BCUT2D eigenvalue weighted by Crippen LogP contribution is -2.34. The van der Waals surface area contributed by atoms with Crippen LogP contribution in [0.15, 0.2) is 24.3 Å². The summed E-state index contributed by atoms with van der Waals surface area (Å²) in [5, 5.41) is 3.05. The highest BCUT2D eigenvalue weighted by molar-refractivity contribution is 5.79. The highest BCUT2D eigenvalue weighted by Gasteiger charge is 2.18. The van der Waals surface area contributed by atoms with Crippen LogP contribution in [0, 0.1) is 17.8 Å². The zero-order valence-corrected chi connectivity index (χ0v) is 13.3. The predicted octanol–water partition coefficient (Wildman–Crippen LogP) is 3.28. The molecule has 1 aromatic rings. The van der Waals surface area contributed by atoms with Gasteiger partial charge in [0.15, 0.2) is 0 Å². The molecule has 1 N–H and O–H groups in total. The molecule has 0 aromatic heterocycles. The molecule has 1 amide bonds. The molecular formula is C17H27NO2. The van der Waals surface area contributed by atoms with Gasteiger partial charge >= 0.3 is 0 Å². The van der Waals surface area contributed by atoms with Crippen LogP contribution >= 0.6 is 0 Å². The van der Waals surface area contributed by atoms with Crippen LogP contribution in [0.4, 0.5) is 0 Å². The molecule has 0 aliphatic heterocycles. The van der Waals surface area contributed by atoms with E-state index >= 15 is 0 Å². The molecule has 0 unspecified atom stereocenters. The molecule has 0 fully saturated rings. The summed E-state index contributed by atoms with van der Waals surface area (Å²) in [6.07, 6.45) is 0.368. The van der Waals surface area contributed by atoms with E-state index in [2.05, 4.69) is 33.0 Å². The van der Waals surface area contributed by atoms with Gasteiger partial charge in [0, 0.05) is 12.1 Å². The first-order valence-corrected chi connectivity index (χ1v) is 7.34. The van der Waals surface area contributed by atoms with Gasteiger partial charge in [-0.2, -0.15) is 0 Å². The van der Waals surface area contributed by atoms with Gasteiger partial charge in [-0.05, 0) is 23.8 Å². The molecular weight excluding hydrogens is 250 g/mol. The minimum Gasteiger partial charge on any atom is -0.496 e. The number of carbonyl (C=O) groups excluding carboxylic acids is 1. The van der Waals surface area contributed by atoms with Gasteiger partial charge in [-0.1, -0.05) is 45.9 Å². The Labute approximate surface area is 122 Å².